The fourth-order valence-electron chi connectivity index (χ4n) is 2.85. The van der Waals surface area contributed by atoms with E-state index in [4.69, 9.17) is 4.74 Å². The Hall–Kier alpha value is -4.79. The summed E-state index contributed by atoms with van der Waals surface area (Å²) in [6.07, 6.45) is 1.27. The number of nitrogens with one attached hydrogen (secondary N) is 3. The first-order valence-electron chi connectivity index (χ1n) is 10.2. The highest BCUT2D eigenvalue weighted by atomic mass is 16.5. The second-order valence-electron chi connectivity index (χ2n) is 7.21. The number of esters is 1. The molecule has 9 nitrogen and oxygen atoms in total. The van der Waals surface area contributed by atoms with E-state index in [0.29, 0.717) is 22.5 Å². The van der Waals surface area contributed by atoms with Gasteiger partial charge in [0, 0.05) is 23.9 Å². The molecule has 3 rings (SSSR count). The number of rotatable bonds is 6. The van der Waals surface area contributed by atoms with Crippen LogP contribution in [0.15, 0.2) is 77.9 Å². The molecular weight excluding hydrogens is 436 g/mol. The van der Waals surface area contributed by atoms with Gasteiger partial charge >= 0.3 is 17.8 Å². The summed E-state index contributed by atoms with van der Waals surface area (Å²) in [5.41, 5.74) is 4.81. The van der Waals surface area contributed by atoms with Crippen molar-refractivity contribution in [2.24, 2.45) is 5.10 Å². The lowest BCUT2D eigenvalue weighted by molar-refractivity contribution is -0.136. The predicted molar refractivity (Wildman–Crippen MR) is 128 cm³/mol. The minimum Gasteiger partial charge on any atom is -0.422 e. The van der Waals surface area contributed by atoms with E-state index in [9.17, 15) is 19.2 Å². The first-order chi connectivity index (χ1) is 16.3. The maximum absolute atomic E-state index is 12.4. The van der Waals surface area contributed by atoms with Crippen molar-refractivity contribution >= 4 is 41.3 Å². The quantitative estimate of drug-likeness (QED) is 0.172. The summed E-state index contributed by atoms with van der Waals surface area (Å²) in [6, 6.07) is 19.9. The topological polar surface area (TPSA) is 126 Å². The highest BCUT2D eigenvalue weighted by Gasteiger charge is 2.14. The predicted octanol–water partition coefficient (Wildman–Crippen LogP) is 3.26. The van der Waals surface area contributed by atoms with Gasteiger partial charge < -0.3 is 15.4 Å². The molecule has 3 aromatic carbocycles. The smallest absolute Gasteiger partial charge is 0.343 e. The van der Waals surface area contributed by atoms with Crippen LogP contribution in [0.4, 0.5) is 11.4 Å². The van der Waals surface area contributed by atoms with Gasteiger partial charge in [-0.1, -0.05) is 29.8 Å². The number of hydrogen-bond acceptors (Lipinski definition) is 6. The molecule has 0 aliphatic heterocycles. The number of hydrazone groups is 1. The van der Waals surface area contributed by atoms with Crippen molar-refractivity contribution in [1.82, 2.24) is 5.43 Å². The summed E-state index contributed by atoms with van der Waals surface area (Å²) < 4.78 is 5.46. The van der Waals surface area contributed by atoms with Gasteiger partial charge in [-0.05, 0) is 55.5 Å². The van der Waals surface area contributed by atoms with E-state index >= 15 is 0 Å². The van der Waals surface area contributed by atoms with Crippen LogP contribution >= 0.6 is 0 Å². The summed E-state index contributed by atoms with van der Waals surface area (Å²) in [5, 5.41) is 8.80. The zero-order chi connectivity index (χ0) is 24.5. The lowest BCUT2D eigenvalue weighted by atomic mass is 10.1. The van der Waals surface area contributed by atoms with Crippen LogP contribution in [0.2, 0.25) is 0 Å². The summed E-state index contributed by atoms with van der Waals surface area (Å²) in [6.45, 7) is 3.25. The van der Waals surface area contributed by atoms with Crippen LogP contribution in [-0.4, -0.2) is 29.9 Å². The second kappa shape index (κ2) is 11.2. The number of anilines is 2. The Morgan fingerprint density at radius 1 is 0.824 bits per heavy atom. The molecule has 3 amide bonds. The van der Waals surface area contributed by atoms with Crippen molar-refractivity contribution in [3.63, 3.8) is 0 Å². The van der Waals surface area contributed by atoms with Crippen LogP contribution < -0.4 is 20.8 Å². The van der Waals surface area contributed by atoms with Crippen LogP contribution in [0.1, 0.15) is 28.4 Å². The van der Waals surface area contributed by atoms with Gasteiger partial charge in [-0.3, -0.25) is 14.4 Å². The molecule has 0 aliphatic carbocycles. The maximum atomic E-state index is 12.4. The third-order valence-corrected chi connectivity index (χ3v) is 4.41. The Kier molecular flexibility index (Phi) is 7.85. The molecule has 0 aromatic heterocycles. The van der Waals surface area contributed by atoms with Crippen molar-refractivity contribution in [2.75, 3.05) is 10.6 Å². The lowest BCUT2D eigenvalue weighted by Crippen LogP contribution is -2.32. The molecule has 0 saturated carbocycles. The van der Waals surface area contributed by atoms with Crippen LogP contribution in [-0.2, 0) is 14.4 Å². The fourth-order valence-corrected chi connectivity index (χ4v) is 2.85. The van der Waals surface area contributed by atoms with Crippen LogP contribution in [0, 0.1) is 6.92 Å². The van der Waals surface area contributed by atoms with Crippen molar-refractivity contribution in [3.8, 4) is 5.75 Å². The van der Waals surface area contributed by atoms with Gasteiger partial charge in [0.25, 0.3) is 0 Å². The fraction of sp³-hybridized carbons (Fsp3) is 0.0800. The second-order valence-corrected chi connectivity index (χ2v) is 7.21. The first-order valence-corrected chi connectivity index (χ1v) is 10.2. The molecule has 9 heteroatoms. The van der Waals surface area contributed by atoms with Gasteiger partial charge in [0.05, 0.1) is 11.8 Å². The molecule has 172 valence electrons. The molecular formula is C25H22N4O5. The largest absolute Gasteiger partial charge is 0.422 e. The number of nitrogens with zero attached hydrogens (tertiary/aromatic N) is 1. The highest BCUT2D eigenvalue weighted by Crippen LogP contribution is 2.18. The van der Waals surface area contributed by atoms with E-state index < -0.39 is 17.8 Å². The molecule has 0 saturated heterocycles. The highest BCUT2D eigenvalue weighted by molar-refractivity contribution is 6.39. The van der Waals surface area contributed by atoms with Crippen molar-refractivity contribution in [2.45, 2.75) is 13.8 Å². The van der Waals surface area contributed by atoms with Crippen LogP contribution in [0.25, 0.3) is 0 Å². The molecule has 0 aliphatic rings. The van der Waals surface area contributed by atoms with Gasteiger partial charge in [-0.15, -0.1) is 0 Å². The SMILES string of the molecule is CC(=O)Nc1ccc(NC(=O)C(=O)N/N=C/c2ccccc2OC(=O)c2cccc(C)c2)cc1. The number of carbonyl (C=O) groups excluding carboxylic acids is 4. The van der Waals surface area contributed by atoms with Gasteiger partial charge in [-0.25, -0.2) is 10.2 Å². The van der Waals surface area contributed by atoms with Gasteiger partial charge in [0.1, 0.15) is 5.75 Å². The van der Waals surface area contributed by atoms with E-state index in [-0.39, 0.29) is 11.7 Å². The van der Waals surface area contributed by atoms with E-state index in [2.05, 4.69) is 21.2 Å². The van der Waals surface area contributed by atoms with Gasteiger partial charge in [-0.2, -0.15) is 5.10 Å². The zero-order valence-corrected chi connectivity index (χ0v) is 18.5. The molecule has 0 heterocycles. The molecule has 3 N–H and O–H groups in total. The Morgan fingerprint density at radius 2 is 1.50 bits per heavy atom. The molecule has 0 atom stereocenters. The zero-order valence-electron chi connectivity index (χ0n) is 18.5. The third-order valence-electron chi connectivity index (χ3n) is 4.41. The average Bonchev–Trinajstić information content (AvgIpc) is 2.81. The summed E-state index contributed by atoms with van der Waals surface area (Å²) in [5.74, 6) is -2.42. The number of amides is 3. The molecule has 0 fully saturated rings. The number of aryl methyl sites for hydroxylation is 1. The minimum atomic E-state index is -0.989. The maximum Gasteiger partial charge on any atom is 0.343 e. The lowest BCUT2D eigenvalue weighted by Gasteiger charge is -2.08. The number of ether oxygens (including phenoxy) is 1. The number of para-hydroxylation sites is 1. The van der Waals surface area contributed by atoms with Crippen molar-refractivity contribution in [3.05, 3.63) is 89.5 Å². The summed E-state index contributed by atoms with van der Waals surface area (Å²) in [7, 11) is 0. The molecule has 0 bridgehead atoms. The number of hydrogen-bond donors (Lipinski definition) is 3. The Bertz CT molecular complexity index is 1250. The Morgan fingerprint density at radius 3 is 2.18 bits per heavy atom. The van der Waals surface area contributed by atoms with E-state index in [1.165, 1.54) is 13.1 Å². The summed E-state index contributed by atoms with van der Waals surface area (Å²) in [4.78, 5) is 47.6. The minimum absolute atomic E-state index is 0.222. The Labute approximate surface area is 195 Å². The van der Waals surface area contributed by atoms with Crippen LogP contribution in [0.5, 0.6) is 5.75 Å². The number of carbonyl (C=O) groups is 4. The normalized spacial score (nSPS) is 10.4. The van der Waals surface area contributed by atoms with Gasteiger partial charge in [0.15, 0.2) is 0 Å². The monoisotopic (exact) mass is 458 g/mol. The molecule has 3 aromatic rings. The third kappa shape index (κ3) is 6.86. The van der Waals surface area contributed by atoms with E-state index in [0.717, 1.165) is 5.56 Å². The first kappa shape index (κ1) is 23.9. The van der Waals surface area contributed by atoms with E-state index in [1.54, 1.807) is 66.7 Å². The Balaban J connectivity index is 1.58. The van der Waals surface area contributed by atoms with E-state index in [1.807, 2.05) is 13.0 Å². The van der Waals surface area contributed by atoms with Crippen LogP contribution in [0.3, 0.4) is 0 Å². The van der Waals surface area contributed by atoms with Gasteiger partial charge in [0.2, 0.25) is 5.91 Å². The molecule has 0 radical (unpaired) electrons. The standard InChI is InChI=1S/C25H22N4O5/c1-16-6-5-8-18(14-16)25(33)34-22-9-4-3-7-19(22)15-26-29-24(32)23(31)28-21-12-10-20(11-13-21)27-17(2)30/h3-15H,1-2H3,(H,27,30)(H,28,31)(H,29,32)/b26-15+. The molecule has 0 spiro atoms. The van der Waals surface area contributed by atoms with Crippen molar-refractivity contribution < 1.29 is 23.9 Å². The molecule has 34 heavy (non-hydrogen) atoms. The summed E-state index contributed by atoms with van der Waals surface area (Å²) >= 11 is 0. The molecule has 0 unspecified atom stereocenters. The number of benzene rings is 3. The van der Waals surface area contributed by atoms with Crippen molar-refractivity contribution in [1.29, 1.82) is 0 Å². The average molecular weight is 458 g/mol.